The standard InChI is InChI=1S/C34H40N2O6/c1-2-11-28(35-33(38)39-22-23-12-5-3-6-13-23)32(37)42-36-31-26-15-8-7-14-25(26)27-20-24-16-19-34(17-9-4-10-18-34)41-29(24)21-30(27)40-31/h3,5-6,12-13,20-21,28H,2,4,7-11,14-19,22H2,1H3,(H,35,38)/b36-31-/t28-/m0/s1. The predicted octanol–water partition coefficient (Wildman–Crippen LogP) is 6.79. The number of alkyl carbamates (subject to hydrolysis) is 1. The van der Waals surface area contributed by atoms with Gasteiger partial charge in [-0.3, -0.25) is 0 Å². The summed E-state index contributed by atoms with van der Waals surface area (Å²) in [5.41, 5.74) is 5.26. The zero-order valence-corrected chi connectivity index (χ0v) is 24.4. The molecule has 1 aromatic heterocycles. The Kier molecular flexibility index (Phi) is 8.49. The fourth-order valence-electron chi connectivity index (χ4n) is 6.68. The number of ether oxygens (including phenoxy) is 2. The molecule has 0 unspecified atom stereocenters. The number of hydrogen-bond donors (Lipinski definition) is 1. The number of aryl methyl sites for hydroxylation is 2. The lowest BCUT2D eigenvalue weighted by molar-refractivity contribution is -0.147. The SMILES string of the molecule is CCC[C@H](NC(=O)OCc1ccccc1)C(=O)O/N=c1\oc2cc3c(cc2c2c1CCCC2)CCC1(CCCCC1)O3. The van der Waals surface area contributed by atoms with Gasteiger partial charge in [-0.05, 0) is 98.5 Å². The third-order valence-electron chi connectivity index (χ3n) is 8.95. The molecule has 3 aliphatic rings. The van der Waals surface area contributed by atoms with E-state index < -0.39 is 18.1 Å². The molecule has 1 saturated carbocycles. The minimum absolute atomic E-state index is 0.0561. The predicted molar refractivity (Wildman–Crippen MR) is 158 cm³/mol. The van der Waals surface area contributed by atoms with Crippen molar-refractivity contribution in [2.24, 2.45) is 5.16 Å². The highest BCUT2D eigenvalue weighted by molar-refractivity contribution is 5.84. The van der Waals surface area contributed by atoms with E-state index in [4.69, 9.17) is 18.7 Å². The molecule has 1 N–H and O–H groups in total. The molecule has 222 valence electrons. The van der Waals surface area contributed by atoms with Crippen LogP contribution >= 0.6 is 0 Å². The van der Waals surface area contributed by atoms with Crippen molar-refractivity contribution >= 4 is 23.0 Å². The zero-order chi connectivity index (χ0) is 28.9. The lowest BCUT2D eigenvalue weighted by Crippen LogP contribution is -2.41. The number of carbonyl (C=O) groups excluding carboxylic acids is 2. The maximum Gasteiger partial charge on any atom is 0.408 e. The highest BCUT2D eigenvalue weighted by atomic mass is 16.7. The maximum absolute atomic E-state index is 13.1. The van der Waals surface area contributed by atoms with E-state index in [2.05, 4.69) is 16.5 Å². The molecule has 2 aromatic carbocycles. The van der Waals surface area contributed by atoms with Crippen LogP contribution in [0.3, 0.4) is 0 Å². The number of rotatable bonds is 7. The van der Waals surface area contributed by atoms with E-state index in [1.165, 1.54) is 30.4 Å². The number of amides is 1. The van der Waals surface area contributed by atoms with Crippen LogP contribution in [0.15, 0.2) is 52.0 Å². The number of benzene rings is 2. The first kappa shape index (κ1) is 28.3. The first-order valence-electron chi connectivity index (χ1n) is 15.6. The van der Waals surface area contributed by atoms with Gasteiger partial charge in [-0.2, -0.15) is 0 Å². The van der Waals surface area contributed by atoms with E-state index in [1.807, 2.05) is 43.3 Å². The summed E-state index contributed by atoms with van der Waals surface area (Å²) in [5.74, 6) is 0.251. The fraction of sp³-hybridized carbons (Fsp3) is 0.500. The minimum Gasteiger partial charge on any atom is -0.487 e. The van der Waals surface area contributed by atoms with Crippen molar-refractivity contribution in [2.45, 2.75) is 109 Å². The van der Waals surface area contributed by atoms with Crippen LogP contribution in [0.4, 0.5) is 4.79 Å². The smallest absolute Gasteiger partial charge is 0.408 e. The van der Waals surface area contributed by atoms with Crippen molar-refractivity contribution in [1.82, 2.24) is 5.32 Å². The third-order valence-corrected chi connectivity index (χ3v) is 8.95. The first-order chi connectivity index (χ1) is 20.5. The van der Waals surface area contributed by atoms with Crippen molar-refractivity contribution in [2.75, 3.05) is 0 Å². The quantitative estimate of drug-likeness (QED) is 0.247. The van der Waals surface area contributed by atoms with Gasteiger partial charge in [-0.15, -0.1) is 0 Å². The Bertz CT molecular complexity index is 1510. The third kappa shape index (κ3) is 6.18. The van der Waals surface area contributed by atoms with Crippen molar-refractivity contribution in [3.63, 3.8) is 0 Å². The van der Waals surface area contributed by atoms with Crippen molar-refractivity contribution in [1.29, 1.82) is 0 Å². The average molecular weight is 573 g/mol. The molecule has 6 rings (SSSR count). The number of nitrogens with zero attached hydrogens (tertiary/aromatic N) is 1. The van der Waals surface area contributed by atoms with E-state index in [-0.39, 0.29) is 12.2 Å². The van der Waals surface area contributed by atoms with Gasteiger partial charge >= 0.3 is 12.1 Å². The fourth-order valence-corrected chi connectivity index (χ4v) is 6.68. The highest BCUT2D eigenvalue weighted by Gasteiger charge is 2.38. The first-order valence-corrected chi connectivity index (χ1v) is 15.6. The molecule has 2 heterocycles. The van der Waals surface area contributed by atoms with Crippen LogP contribution in [0, 0.1) is 0 Å². The minimum atomic E-state index is -0.884. The molecule has 0 bridgehead atoms. The highest BCUT2D eigenvalue weighted by Crippen LogP contribution is 2.43. The second-order valence-corrected chi connectivity index (χ2v) is 11.9. The lowest BCUT2D eigenvalue weighted by Gasteiger charge is -2.41. The van der Waals surface area contributed by atoms with E-state index in [0.29, 0.717) is 24.0 Å². The molecule has 8 heteroatoms. The summed E-state index contributed by atoms with van der Waals surface area (Å²) >= 11 is 0. The second kappa shape index (κ2) is 12.6. The molecule has 1 atom stereocenters. The van der Waals surface area contributed by atoms with Crippen LogP contribution in [0.1, 0.15) is 93.4 Å². The molecule has 1 aliphatic heterocycles. The lowest BCUT2D eigenvalue weighted by atomic mass is 9.78. The summed E-state index contributed by atoms with van der Waals surface area (Å²) in [5, 5.41) is 7.96. The summed E-state index contributed by atoms with van der Waals surface area (Å²) in [4.78, 5) is 30.9. The summed E-state index contributed by atoms with van der Waals surface area (Å²) in [6.07, 6.45) is 12.3. The molecule has 8 nitrogen and oxygen atoms in total. The topological polar surface area (TPSA) is 99.4 Å². The largest absolute Gasteiger partial charge is 0.487 e. The van der Waals surface area contributed by atoms with Crippen LogP contribution in [0.5, 0.6) is 5.75 Å². The van der Waals surface area contributed by atoms with Gasteiger partial charge in [-0.25, -0.2) is 9.59 Å². The van der Waals surface area contributed by atoms with Crippen LogP contribution in [0.2, 0.25) is 0 Å². The van der Waals surface area contributed by atoms with Gasteiger partial charge in [0.15, 0.2) is 0 Å². The summed E-state index contributed by atoms with van der Waals surface area (Å²) in [7, 11) is 0. The zero-order valence-electron chi connectivity index (χ0n) is 24.4. The number of hydrogen-bond acceptors (Lipinski definition) is 7. The van der Waals surface area contributed by atoms with Gasteiger partial charge in [0.25, 0.3) is 5.55 Å². The van der Waals surface area contributed by atoms with E-state index in [1.54, 1.807) is 0 Å². The van der Waals surface area contributed by atoms with Gasteiger partial charge in [0.05, 0.1) is 0 Å². The van der Waals surface area contributed by atoms with E-state index >= 15 is 0 Å². The Morgan fingerprint density at radius 2 is 1.76 bits per heavy atom. The number of fused-ring (bicyclic) bond motifs is 4. The van der Waals surface area contributed by atoms with Crippen LogP contribution in [-0.2, 0) is 40.2 Å². The molecular formula is C34H40N2O6. The number of nitrogens with one attached hydrogen (secondary N) is 1. The summed E-state index contributed by atoms with van der Waals surface area (Å²) < 4.78 is 18.3. The maximum atomic E-state index is 13.1. The van der Waals surface area contributed by atoms with Crippen LogP contribution < -0.4 is 15.6 Å². The summed E-state index contributed by atoms with van der Waals surface area (Å²) in [6.45, 7) is 2.05. The van der Waals surface area contributed by atoms with E-state index in [9.17, 15) is 9.59 Å². The van der Waals surface area contributed by atoms with Crippen LogP contribution in [-0.4, -0.2) is 23.7 Å². The molecular weight excluding hydrogens is 532 g/mol. The van der Waals surface area contributed by atoms with Gasteiger partial charge in [0, 0.05) is 17.0 Å². The Labute approximate surface area is 246 Å². The van der Waals surface area contributed by atoms with E-state index in [0.717, 1.165) is 73.6 Å². The average Bonchev–Trinajstić information content (AvgIpc) is 3.02. The Balaban J connectivity index is 1.23. The monoisotopic (exact) mass is 572 g/mol. The van der Waals surface area contributed by atoms with Gasteiger partial charge in [0.1, 0.15) is 29.6 Å². The van der Waals surface area contributed by atoms with Gasteiger partial charge < -0.3 is 24.0 Å². The Hall–Kier alpha value is -3.81. The van der Waals surface area contributed by atoms with Crippen molar-refractivity contribution in [3.8, 4) is 5.75 Å². The molecule has 1 amide bonds. The van der Waals surface area contributed by atoms with Crippen LogP contribution in [0.25, 0.3) is 11.0 Å². The van der Waals surface area contributed by atoms with Gasteiger partial charge in [-0.1, -0.05) is 50.1 Å². The Morgan fingerprint density at radius 3 is 2.55 bits per heavy atom. The van der Waals surface area contributed by atoms with Gasteiger partial charge in [0.2, 0.25) is 0 Å². The van der Waals surface area contributed by atoms with Crippen molar-refractivity contribution in [3.05, 3.63) is 70.3 Å². The second-order valence-electron chi connectivity index (χ2n) is 11.9. The number of carbonyl (C=O) groups is 2. The molecule has 1 spiro atoms. The molecule has 1 fully saturated rings. The Morgan fingerprint density at radius 1 is 0.976 bits per heavy atom. The van der Waals surface area contributed by atoms with Crippen molar-refractivity contribution < 1.29 is 28.3 Å². The normalized spacial score (nSPS) is 18.5. The molecule has 0 saturated heterocycles. The molecule has 3 aromatic rings. The summed E-state index contributed by atoms with van der Waals surface area (Å²) in [6, 6.07) is 12.8. The molecule has 42 heavy (non-hydrogen) atoms. The molecule has 2 aliphatic carbocycles. The molecule has 0 radical (unpaired) electrons.